The van der Waals surface area contributed by atoms with E-state index < -0.39 is 29.5 Å². The van der Waals surface area contributed by atoms with Crippen LogP contribution in [0.15, 0.2) is 23.3 Å². The van der Waals surface area contributed by atoms with Crippen LogP contribution in [0.4, 0.5) is 0 Å². The van der Waals surface area contributed by atoms with Crippen molar-refractivity contribution in [2.24, 2.45) is 0 Å². The van der Waals surface area contributed by atoms with Crippen molar-refractivity contribution in [2.45, 2.75) is 88.5 Å². The van der Waals surface area contributed by atoms with Crippen LogP contribution in [0.1, 0.15) is 52.9 Å². The van der Waals surface area contributed by atoms with Crippen molar-refractivity contribution in [3.05, 3.63) is 23.3 Å². The summed E-state index contributed by atoms with van der Waals surface area (Å²) in [6, 6.07) is 0. The van der Waals surface area contributed by atoms with E-state index in [1.54, 1.807) is 0 Å². The zero-order chi connectivity index (χ0) is 17.5. The Morgan fingerprint density at radius 1 is 1.21 bits per heavy atom. The summed E-state index contributed by atoms with van der Waals surface area (Å²) in [5.74, 6) is 0. The standard InChI is InChI=1S/C19H30O5/c1-4-5-6-7-8-9-12-13(11-20)16-19(17(24-19)15(12)22)10-14(21)18(2,3)23-16/h8-9,14-17,20-22H,4-7,10-11H2,1-3H3/t14-,15-,16-,17-,19+/m1/s1. The van der Waals surface area contributed by atoms with Gasteiger partial charge in [0.15, 0.2) is 0 Å². The molecular weight excluding hydrogens is 308 g/mol. The van der Waals surface area contributed by atoms with Crippen molar-refractivity contribution < 1.29 is 24.8 Å². The fourth-order valence-electron chi connectivity index (χ4n) is 4.02. The van der Waals surface area contributed by atoms with Gasteiger partial charge < -0.3 is 24.8 Å². The maximum absolute atomic E-state index is 10.7. The zero-order valence-corrected chi connectivity index (χ0v) is 14.9. The topological polar surface area (TPSA) is 82.5 Å². The molecule has 0 aromatic carbocycles. The zero-order valence-electron chi connectivity index (χ0n) is 14.9. The van der Waals surface area contributed by atoms with Crippen LogP contribution in [-0.2, 0) is 9.47 Å². The molecule has 0 aromatic rings. The van der Waals surface area contributed by atoms with Crippen molar-refractivity contribution in [1.82, 2.24) is 0 Å². The van der Waals surface area contributed by atoms with Gasteiger partial charge in [0.2, 0.25) is 0 Å². The van der Waals surface area contributed by atoms with E-state index in [4.69, 9.17) is 9.47 Å². The predicted octanol–water partition coefficient (Wildman–Crippen LogP) is 1.85. The van der Waals surface area contributed by atoms with Crippen LogP contribution in [0.25, 0.3) is 0 Å². The lowest BCUT2D eigenvalue weighted by molar-refractivity contribution is -0.190. The molecule has 2 fully saturated rings. The molecule has 0 bridgehead atoms. The van der Waals surface area contributed by atoms with Crippen LogP contribution in [-0.4, -0.2) is 57.5 Å². The number of unbranched alkanes of at least 4 members (excludes halogenated alkanes) is 3. The number of rotatable bonds is 6. The summed E-state index contributed by atoms with van der Waals surface area (Å²) < 4.78 is 12.0. The van der Waals surface area contributed by atoms with Crippen LogP contribution in [0, 0.1) is 0 Å². The Balaban J connectivity index is 1.85. The average Bonchev–Trinajstić information content (AvgIpc) is 3.25. The average molecular weight is 338 g/mol. The van der Waals surface area contributed by atoms with Crippen LogP contribution in [0.5, 0.6) is 0 Å². The van der Waals surface area contributed by atoms with E-state index in [1.807, 2.05) is 19.9 Å². The van der Waals surface area contributed by atoms with E-state index in [-0.39, 0.29) is 12.7 Å². The third kappa shape index (κ3) is 2.86. The molecule has 2 heterocycles. The number of allylic oxidation sites excluding steroid dienone is 1. The van der Waals surface area contributed by atoms with Gasteiger partial charge in [-0.15, -0.1) is 0 Å². The highest BCUT2D eigenvalue weighted by atomic mass is 16.7. The summed E-state index contributed by atoms with van der Waals surface area (Å²) in [5, 5.41) is 30.9. The third-order valence-corrected chi connectivity index (χ3v) is 5.69. The second-order valence-electron chi connectivity index (χ2n) is 7.80. The van der Waals surface area contributed by atoms with Gasteiger partial charge in [0.25, 0.3) is 0 Å². The first-order chi connectivity index (χ1) is 11.4. The predicted molar refractivity (Wildman–Crippen MR) is 90.6 cm³/mol. The molecule has 0 amide bonds. The summed E-state index contributed by atoms with van der Waals surface area (Å²) in [4.78, 5) is 0. The number of hydrogen-bond acceptors (Lipinski definition) is 5. The van der Waals surface area contributed by atoms with Crippen molar-refractivity contribution in [1.29, 1.82) is 0 Å². The van der Waals surface area contributed by atoms with Crippen molar-refractivity contribution in [3.63, 3.8) is 0 Å². The van der Waals surface area contributed by atoms with Gasteiger partial charge in [-0.2, -0.15) is 0 Å². The fraction of sp³-hybridized carbons (Fsp3) is 0.789. The summed E-state index contributed by atoms with van der Waals surface area (Å²) in [6.07, 6.45) is 6.62. The normalized spacial score (nSPS) is 40.6. The molecule has 0 aromatic heterocycles. The molecule has 24 heavy (non-hydrogen) atoms. The third-order valence-electron chi connectivity index (χ3n) is 5.69. The molecule has 2 saturated heterocycles. The highest BCUT2D eigenvalue weighted by Crippen LogP contribution is 2.57. The first-order valence-corrected chi connectivity index (χ1v) is 9.09. The fourth-order valence-corrected chi connectivity index (χ4v) is 4.02. The van der Waals surface area contributed by atoms with E-state index >= 15 is 0 Å². The van der Waals surface area contributed by atoms with E-state index in [0.717, 1.165) is 12.8 Å². The maximum atomic E-state index is 10.7. The van der Waals surface area contributed by atoms with Gasteiger partial charge in [-0.25, -0.2) is 0 Å². The van der Waals surface area contributed by atoms with E-state index in [1.165, 1.54) is 12.8 Å². The van der Waals surface area contributed by atoms with Crippen LogP contribution < -0.4 is 0 Å². The van der Waals surface area contributed by atoms with E-state index in [2.05, 4.69) is 13.0 Å². The molecule has 136 valence electrons. The maximum Gasteiger partial charge on any atom is 0.130 e. The molecule has 5 heteroatoms. The van der Waals surface area contributed by atoms with Gasteiger partial charge >= 0.3 is 0 Å². The molecule has 5 atom stereocenters. The minimum atomic E-state index is -0.775. The first kappa shape index (κ1) is 18.1. The quantitative estimate of drug-likeness (QED) is 0.509. The van der Waals surface area contributed by atoms with Gasteiger partial charge in [0.1, 0.15) is 23.9 Å². The smallest absolute Gasteiger partial charge is 0.130 e. The Hall–Kier alpha value is -0.720. The lowest BCUT2D eigenvalue weighted by Gasteiger charge is -2.46. The molecule has 1 aliphatic carbocycles. The SMILES string of the molecule is CCCCCC=CC1=C(CO)[C@H]2OC(C)(C)[C@H](O)C[C@]23O[C@@H]3[C@@H]1O. The molecule has 3 rings (SSSR count). The van der Waals surface area contributed by atoms with Gasteiger partial charge in [0.05, 0.1) is 18.3 Å². The number of hydrogen-bond donors (Lipinski definition) is 3. The molecule has 0 saturated carbocycles. The summed E-state index contributed by atoms with van der Waals surface area (Å²) in [7, 11) is 0. The Morgan fingerprint density at radius 3 is 2.62 bits per heavy atom. The second-order valence-corrected chi connectivity index (χ2v) is 7.80. The monoisotopic (exact) mass is 338 g/mol. The van der Waals surface area contributed by atoms with Crippen LogP contribution in [0.2, 0.25) is 0 Å². The molecule has 0 unspecified atom stereocenters. The molecule has 2 aliphatic heterocycles. The molecule has 3 N–H and O–H groups in total. The summed E-state index contributed by atoms with van der Waals surface area (Å²) in [5.41, 5.74) is 0.00381. The molecular formula is C19H30O5. The lowest BCUT2D eigenvalue weighted by Crippen LogP contribution is -2.59. The van der Waals surface area contributed by atoms with Gasteiger partial charge in [-0.1, -0.05) is 31.9 Å². The Bertz CT molecular complexity index is 538. The number of ether oxygens (including phenoxy) is 2. The number of epoxide rings is 1. The highest BCUT2D eigenvalue weighted by molar-refractivity contribution is 5.44. The number of aliphatic hydroxyl groups is 3. The summed E-state index contributed by atoms with van der Waals surface area (Å²) >= 11 is 0. The highest BCUT2D eigenvalue weighted by Gasteiger charge is 2.72. The number of aliphatic hydroxyl groups excluding tert-OH is 3. The Labute approximate surface area is 144 Å². The minimum Gasteiger partial charge on any atom is -0.392 e. The first-order valence-electron chi connectivity index (χ1n) is 9.09. The van der Waals surface area contributed by atoms with Gasteiger partial charge in [0, 0.05) is 6.42 Å². The Morgan fingerprint density at radius 2 is 1.96 bits per heavy atom. The van der Waals surface area contributed by atoms with E-state index in [0.29, 0.717) is 17.6 Å². The Kier molecular flexibility index (Phi) is 4.93. The molecule has 5 nitrogen and oxygen atoms in total. The second kappa shape index (κ2) is 6.54. The molecule has 1 spiro atoms. The van der Waals surface area contributed by atoms with E-state index in [9.17, 15) is 15.3 Å². The van der Waals surface area contributed by atoms with Crippen molar-refractivity contribution in [2.75, 3.05) is 6.61 Å². The van der Waals surface area contributed by atoms with Gasteiger partial charge in [-0.05, 0) is 37.8 Å². The largest absolute Gasteiger partial charge is 0.392 e. The van der Waals surface area contributed by atoms with Crippen molar-refractivity contribution >= 4 is 0 Å². The molecule has 0 radical (unpaired) electrons. The summed E-state index contributed by atoms with van der Waals surface area (Å²) in [6.45, 7) is 5.69. The van der Waals surface area contributed by atoms with Gasteiger partial charge in [-0.3, -0.25) is 0 Å². The van der Waals surface area contributed by atoms with Crippen LogP contribution in [0.3, 0.4) is 0 Å². The lowest BCUT2D eigenvalue weighted by atomic mass is 9.73. The van der Waals surface area contributed by atoms with Crippen molar-refractivity contribution in [3.8, 4) is 0 Å². The molecule has 3 aliphatic rings. The minimum absolute atomic E-state index is 0.180. The van der Waals surface area contributed by atoms with Crippen LogP contribution >= 0.6 is 0 Å².